The molecule has 90 valence electrons. The molecule has 0 amide bonds. The Balaban J connectivity index is 1.97. The molecule has 0 radical (unpaired) electrons. The second kappa shape index (κ2) is 5.05. The molecule has 0 spiro atoms. The Hall–Kier alpha value is -1.75. The van der Waals surface area contributed by atoms with E-state index in [0.717, 1.165) is 12.2 Å². The molecule has 2 aromatic heterocycles. The van der Waals surface area contributed by atoms with Crippen LogP contribution in [0.15, 0.2) is 24.8 Å². The van der Waals surface area contributed by atoms with Crippen molar-refractivity contribution in [3.05, 3.63) is 41.7 Å². The van der Waals surface area contributed by atoms with Crippen LogP contribution in [-0.2, 0) is 13.6 Å². The summed E-state index contributed by atoms with van der Waals surface area (Å²) in [6.45, 7) is 4.93. The third-order valence-corrected chi connectivity index (χ3v) is 2.96. The summed E-state index contributed by atoms with van der Waals surface area (Å²) in [4.78, 5) is 8.34. The number of nitrogens with zero attached hydrogens (tertiary/aromatic N) is 4. The largest absolute Gasteiger partial charge is 0.305 e. The van der Waals surface area contributed by atoms with Crippen LogP contribution in [0.25, 0.3) is 0 Å². The van der Waals surface area contributed by atoms with Crippen molar-refractivity contribution in [3.8, 4) is 0 Å². The van der Waals surface area contributed by atoms with Gasteiger partial charge in [0.2, 0.25) is 0 Å². The topological polar surface area (TPSA) is 55.6 Å². The highest BCUT2D eigenvalue weighted by molar-refractivity contribution is 5.16. The molecular weight excluding hydrogens is 214 g/mol. The summed E-state index contributed by atoms with van der Waals surface area (Å²) in [5, 5.41) is 7.63. The number of hydrogen-bond donors (Lipinski definition) is 1. The Morgan fingerprint density at radius 1 is 1.35 bits per heavy atom. The van der Waals surface area contributed by atoms with E-state index >= 15 is 0 Å². The van der Waals surface area contributed by atoms with E-state index in [0.29, 0.717) is 0 Å². The van der Waals surface area contributed by atoms with Crippen molar-refractivity contribution < 1.29 is 0 Å². The summed E-state index contributed by atoms with van der Waals surface area (Å²) in [7, 11) is 1.95. The zero-order valence-electron chi connectivity index (χ0n) is 10.4. The van der Waals surface area contributed by atoms with E-state index in [1.165, 1.54) is 11.3 Å². The summed E-state index contributed by atoms with van der Waals surface area (Å²) < 4.78 is 1.88. The maximum atomic E-state index is 4.27. The molecule has 2 heterocycles. The summed E-state index contributed by atoms with van der Waals surface area (Å²) in [5.41, 5.74) is 3.35. The van der Waals surface area contributed by atoms with Crippen molar-refractivity contribution in [3.63, 3.8) is 0 Å². The van der Waals surface area contributed by atoms with E-state index < -0.39 is 0 Å². The van der Waals surface area contributed by atoms with Crippen LogP contribution >= 0.6 is 0 Å². The Morgan fingerprint density at radius 3 is 2.76 bits per heavy atom. The van der Waals surface area contributed by atoms with Crippen LogP contribution in [0.4, 0.5) is 0 Å². The van der Waals surface area contributed by atoms with Crippen molar-refractivity contribution in [2.24, 2.45) is 7.05 Å². The lowest BCUT2D eigenvalue weighted by Crippen LogP contribution is -2.19. The molecule has 0 aromatic carbocycles. The van der Waals surface area contributed by atoms with Gasteiger partial charge in [0.15, 0.2) is 0 Å². The van der Waals surface area contributed by atoms with Gasteiger partial charge in [-0.25, -0.2) is 0 Å². The van der Waals surface area contributed by atoms with Gasteiger partial charge in [0.05, 0.1) is 11.9 Å². The zero-order valence-corrected chi connectivity index (χ0v) is 10.4. The van der Waals surface area contributed by atoms with E-state index in [-0.39, 0.29) is 6.04 Å². The highest BCUT2D eigenvalue weighted by Crippen LogP contribution is 2.10. The molecule has 1 unspecified atom stereocenters. The fourth-order valence-electron chi connectivity index (χ4n) is 1.62. The number of hydrogen-bond acceptors (Lipinski definition) is 4. The standard InChI is InChI=1S/C12H17N5/c1-9(12-8-13-4-5-14-12)15-6-11-7-16-17(3)10(11)2/h4-5,7-9,15H,6H2,1-3H3. The summed E-state index contributed by atoms with van der Waals surface area (Å²) >= 11 is 0. The predicted molar refractivity (Wildman–Crippen MR) is 65.2 cm³/mol. The fraction of sp³-hybridized carbons (Fsp3) is 0.417. The first-order valence-electron chi connectivity index (χ1n) is 5.65. The molecule has 0 aliphatic rings. The first-order chi connectivity index (χ1) is 8.18. The molecule has 17 heavy (non-hydrogen) atoms. The quantitative estimate of drug-likeness (QED) is 0.863. The second-order valence-corrected chi connectivity index (χ2v) is 4.11. The van der Waals surface area contributed by atoms with Gasteiger partial charge < -0.3 is 5.32 Å². The molecule has 1 atom stereocenters. The minimum atomic E-state index is 0.184. The van der Waals surface area contributed by atoms with Gasteiger partial charge in [0.1, 0.15) is 0 Å². The van der Waals surface area contributed by atoms with E-state index in [4.69, 9.17) is 0 Å². The van der Waals surface area contributed by atoms with Crippen molar-refractivity contribution >= 4 is 0 Å². The van der Waals surface area contributed by atoms with E-state index in [2.05, 4.69) is 34.2 Å². The maximum Gasteiger partial charge on any atom is 0.0753 e. The summed E-state index contributed by atoms with van der Waals surface area (Å²) in [6.07, 6.45) is 7.07. The van der Waals surface area contributed by atoms with Crippen LogP contribution in [0.2, 0.25) is 0 Å². The Kier molecular flexibility index (Phi) is 3.49. The van der Waals surface area contributed by atoms with E-state index in [1.54, 1.807) is 18.6 Å². The minimum Gasteiger partial charge on any atom is -0.305 e. The molecule has 5 nitrogen and oxygen atoms in total. The average Bonchev–Trinajstić information content (AvgIpc) is 2.68. The van der Waals surface area contributed by atoms with Crippen molar-refractivity contribution in [1.29, 1.82) is 0 Å². The molecule has 0 fully saturated rings. The molecule has 0 saturated heterocycles. The van der Waals surface area contributed by atoms with Crippen LogP contribution in [-0.4, -0.2) is 19.7 Å². The molecule has 0 saturated carbocycles. The number of aryl methyl sites for hydroxylation is 1. The highest BCUT2D eigenvalue weighted by atomic mass is 15.3. The minimum absolute atomic E-state index is 0.184. The third-order valence-electron chi connectivity index (χ3n) is 2.96. The average molecular weight is 231 g/mol. The lowest BCUT2D eigenvalue weighted by atomic mass is 10.2. The predicted octanol–water partition coefficient (Wildman–Crippen LogP) is 1.37. The normalized spacial score (nSPS) is 12.6. The molecule has 0 aliphatic carbocycles. The van der Waals surface area contributed by atoms with Gasteiger partial charge in [0.25, 0.3) is 0 Å². The van der Waals surface area contributed by atoms with Gasteiger partial charge >= 0.3 is 0 Å². The number of aromatic nitrogens is 4. The lowest BCUT2D eigenvalue weighted by molar-refractivity contribution is 0.557. The first-order valence-corrected chi connectivity index (χ1v) is 5.65. The molecular formula is C12H17N5. The SMILES string of the molecule is Cc1c(CNC(C)c2cnccn2)cnn1C. The molecule has 0 aliphatic heterocycles. The summed E-state index contributed by atoms with van der Waals surface area (Å²) in [6, 6.07) is 0.184. The smallest absolute Gasteiger partial charge is 0.0753 e. The van der Waals surface area contributed by atoms with Gasteiger partial charge in [-0.1, -0.05) is 0 Å². The number of rotatable bonds is 4. The Morgan fingerprint density at radius 2 is 2.18 bits per heavy atom. The first kappa shape index (κ1) is 11.7. The van der Waals surface area contributed by atoms with Crippen LogP contribution in [0, 0.1) is 6.92 Å². The van der Waals surface area contributed by atoms with E-state index in [1.807, 2.05) is 17.9 Å². The molecule has 5 heteroatoms. The van der Waals surface area contributed by atoms with Crippen LogP contribution in [0.1, 0.15) is 29.9 Å². The van der Waals surface area contributed by atoms with E-state index in [9.17, 15) is 0 Å². The lowest BCUT2D eigenvalue weighted by Gasteiger charge is -2.12. The van der Waals surface area contributed by atoms with Gasteiger partial charge in [-0.2, -0.15) is 5.10 Å². The molecule has 2 aromatic rings. The highest BCUT2D eigenvalue weighted by Gasteiger charge is 2.08. The van der Waals surface area contributed by atoms with Gasteiger partial charge in [-0.05, 0) is 13.8 Å². The van der Waals surface area contributed by atoms with Crippen molar-refractivity contribution in [2.45, 2.75) is 26.4 Å². The number of nitrogens with one attached hydrogen (secondary N) is 1. The maximum absolute atomic E-state index is 4.27. The Labute approximate surface area is 101 Å². The second-order valence-electron chi connectivity index (χ2n) is 4.11. The van der Waals surface area contributed by atoms with Crippen LogP contribution < -0.4 is 5.32 Å². The van der Waals surface area contributed by atoms with Crippen molar-refractivity contribution in [2.75, 3.05) is 0 Å². The van der Waals surface area contributed by atoms with Gasteiger partial charge in [-0.3, -0.25) is 14.6 Å². The van der Waals surface area contributed by atoms with Crippen LogP contribution in [0.3, 0.4) is 0 Å². The molecule has 1 N–H and O–H groups in total. The third kappa shape index (κ3) is 2.68. The van der Waals surface area contributed by atoms with Gasteiger partial charge in [-0.15, -0.1) is 0 Å². The van der Waals surface area contributed by atoms with Gasteiger partial charge in [0, 0.05) is 49.5 Å². The Bertz CT molecular complexity index is 477. The van der Waals surface area contributed by atoms with Crippen molar-refractivity contribution in [1.82, 2.24) is 25.1 Å². The fourth-order valence-corrected chi connectivity index (χ4v) is 1.62. The molecule has 0 bridgehead atoms. The molecule has 2 rings (SSSR count). The zero-order chi connectivity index (χ0) is 12.3. The monoisotopic (exact) mass is 231 g/mol. The van der Waals surface area contributed by atoms with Crippen LogP contribution in [0.5, 0.6) is 0 Å². The summed E-state index contributed by atoms with van der Waals surface area (Å²) in [5.74, 6) is 0.